The highest BCUT2D eigenvalue weighted by Crippen LogP contribution is 2.19. The van der Waals surface area contributed by atoms with Gasteiger partial charge in [0, 0.05) is 11.6 Å². The molecule has 0 aliphatic carbocycles. The molecule has 2 rings (SSSR count). The molecule has 0 saturated carbocycles. The molecule has 0 atom stereocenters. The maximum absolute atomic E-state index is 13.8. The average Bonchev–Trinajstić information content (AvgIpc) is 2.36. The van der Waals surface area contributed by atoms with Crippen LogP contribution in [0.15, 0.2) is 47.4 Å². The van der Waals surface area contributed by atoms with E-state index in [-0.39, 0.29) is 10.6 Å². The Bertz CT molecular complexity index is 735. The molecule has 0 spiro atoms. The minimum absolute atomic E-state index is 0.192. The van der Waals surface area contributed by atoms with Crippen molar-refractivity contribution in [2.24, 2.45) is 5.14 Å². The molecule has 2 aromatic carbocycles. The topological polar surface area (TPSA) is 72.2 Å². The van der Waals surface area contributed by atoms with Gasteiger partial charge >= 0.3 is 0 Å². The van der Waals surface area contributed by atoms with Crippen LogP contribution in [0.3, 0.4) is 0 Å². The lowest BCUT2D eigenvalue weighted by molar-refractivity contribution is 0.593. The van der Waals surface area contributed by atoms with Crippen LogP contribution in [0.4, 0.5) is 10.1 Å². The maximum atomic E-state index is 13.8. The normalized spacial score (nSPS) is 11.3. The standard InChI is InChI=1S/C13H12ClFN2O2S/c14-10-3-1-2-9(6-10)8-17-13-5-4-11(7-12(13)15)20(16,18)19/h1-7,17H,8H2,(H2,16,18,19). The average molecular weight is 315 g/mol. The van der Waals surface area contributed by atoms with Gasteiger partial charge in [0.05, 0.1) is 10.6 Å². The summed E-state index contributed by atoms with van der Waals surface area (Å²) in [6.07, 6.45) is 0. The van der Waals surface area contributed by atoms with E-state index in [1.165, 1.54) is 12.1 Å². The fourth-order valence-corrected chi connectivity index (χ4v) is 2.40. The molecule has 0 aromatic heterocycles. The molecule has 0 radical (unpaired) electrons. The van der Waals surface area contributed by atoms with Crippen molar-refractivity contribution in [3.8, 4) is 0 Å². The molecule has 0 aliphatic heterocycles. The number of hydrogen-bond donors (Lipinski definition) is 2. The first kappa shape index (κ1) is 14.8. The van der Waals surface area contributed by atoms with E-state index in [1.54, 1.807) is 18.2 Å². The lowest BCUT2D eigenvalue weighted by Gasteiger charge is -2.09. The van der Waals surface area contributed by atoms with Crippen molar-refractivity contribution in [1.82, 2.24) is 0 Å². The van der Waals surface area contributed by atoms with Crippen molar-refractivity contribution in [2.45, 2.75) is 11.4 Å². The van der Waals surface area contributed by atoms with Crippen molar-refractivity contribution in [2.75, 3.05) is 5.32 Å². The van der Waals surface area contributed by atoms with E-state index >= 15 is 0 Å². The van der Waals surface area contributed by atoms with Gasteiger partial charge < -0.3 is 5.32 Å². The second-order valence-electron chi connectivity index (χ2n) is 4.17. The molecule has 0 bridgehead atoms. The minimum atomic E-state index is -3.90. The zero-order valence-corrected chi connectivity index (χ0v) is 11.9. The highest BCUT2D eigenvalue weighted by atomic mass is 35.5. The van der Waals surface area contributed by atoms with Crippen molar-refractivity contribution in [3.63, 3.8) is 0 Å². The number of halogens is 2. The van der Waals surface area contributed by atoms with Crippen LogP contribution in [0.2, 0.25) is 5.02 Å². The summed E-state index contributed by atoms with van der Waals surface area (Å²) in [5.74, 6) is -0.682. The molecule has 0 saturated heterocycles. The number of rotatable bonds is 4. The summed E-state index contributed by atoms with van der Waals surface area (Å²) >= 11 is 5.85. The van der Waals surface area contributed by atoms with Gasteiger partial charge in [-0.05, 0) is 35.9 Å². The number of hydrogen-bond acceptors (Lipinski definition) is 3. The van der Waals surface area contributed by atoms with Crippen molar-refractivity contribution < 1.29 is 12.8 Å². The lowest BCUT2D eigenvalue weighted by atomic mass is 10.2. The maximum Gasteiger partial charge on any atom is 0.238 e. The van der Waals surface area contributed by atoms with Gasteiger partial charge in [-0.2, -0.15) is 0 Å². The molecule has 4 nitrogen and oxygen atoms in total. The van der Waals surface area contributed by atoms with Gasteiger partial charge in [-0.1, -0.05) is 23.7 Å². The molecule has 0 heterocycles. The summed E-state index contributed by atoms with van der Waals surface area (Å²) < 4.78 is 35.9. The number of benzene rings is 2. The van der Waals surface area contributed by atoms with Crippen LogP contribution in [0.25, 0.3) is 0 Å². The molecular formula is C13H12ClFN2O2S. The Hall–Kier alpha value is -1.63. The summed E-state index contributed by atoms with van der Waals surface area (Å²) in [6, 6.07) is 10.6. The SMILES string of the molecule is NS(=O)(=O)c1ccc(NCc2cccc(Cl)c2)c(F)c1. The number of primary sulfonamides is 1. The molecule has 106 valence electrons. The fraction of sp³-hybridized carbons (Fsp3) is 0.0769. The third kappa shape index (κ3) is 3.69. The number of anilines is 1. The zero-order chi connectivity index (χ0) is 14.8. The molecule has 3 N–H and O–H groups in total. The fourth-order valence-electron chi connectivity index (χ4n) is 1.66. The highest BCUT2D eigenvalue weighted by molar-refractivity contribution is 7.89. The van der Waals surface area contributed by atoms with Gasteiger partial charge in [-0.25, -0.2) is 17.9 Å². The van der Waals surface area contributed by atoms with Gasteiger partial charge in [-0.3, -0.25) is 0 Å². The third-order valence-electron chi connectivity index (χ3n) is 2.64. The number of nitrogens with two attached hydrogens (primary N) is 1. The summed E-state index contributed by atoms with van der Waals surface area (Å²) in [5.41, 5.74) is 1.07. The van der Waals surface area contributed by atoms with E-state index < -0.39 is 15.8 Å². The third-order valence-corrected chi connectivity index (χ3v) is 3.79. The van der Waals surface area contributed by atoms with Crippen molar-refractivity contribution in [3.05, 3.63) is 58.9 Å². The lowest BCUT2D eigenvalue weighted by Crippen LogP contribution is -2.12. The van der Waals surface area contributed by atoms with Crippen molar-refractivity contribution in [1.29, 1.82) is 0 Å². The number of sulfonamides is 1. The highest BCUT2D eigenvalue weighted by Gasteiger charge is 2.11. The van der Waals surface area contributed by atoms with Gasteiger partial charge in [0.25, 0.3) is 0 Å². The van der Waals surface area contributed by atoms with E-state index in [0.29, 0.717) is 11.6 Å². The quantitative estimate of drug-likeness (QED) is 0.911. The van der Waals surface area contributed by atoms with E-state index in [9.17, 15) is 12.8 Å². The monoisotopic (exact) mass is 314 g/mol. The van der Waals surface area contributed by atoms with Crippen LogP contribution in [0.1, 0.15) is 5.56 Å². The van der Waals surface area contributed by atoms with E-state index in [1.807, 2.05) is 6.07 Å². The van der Waals surface area contributed by atoms with Crippen molar-refractivity contribution >= 4 is 27.3 Å². The predicted molar refractivity (Wildman–Crippen MR) is 76.6 cm³/mol. The van der Waals surface area contributed by atoms with E-state index in [2.05, 4.69) is 5.32 Å². The summed E-state index contributed by atoms with van der Waals surface area (Å²) in [6.45, 7) is 0.367. The Kier molecular flexibility index (Phi) is 4.27. The van der Waals surface area contributed by atoms with Crippen LogP contribution in [-0.4, -0.2) is 8.42 Å². The van der Waals surface area contributed by atoms with E-state index in [4.69, 9.17) is 16.7 Å². The van der Waals surface area contributed by atoms with Crippen LogP contribution in [-0.2, 0) is 16.6 Å². The smallest absolute Gasteiger partial charge is 0.238 e. The predicted octanol–water partition coefficient (Wildman–Crippen LogP) is 2.74. The second kappa shape index (κ2) is 5.78. The Labute approximate surface area is 121 Å². The van der Waals surface area contributed by atoms with Gasteiger partial charge in [-0.15, -0.1) is 0 Å². The zero-order valence-electron chi connectivity index (χ0n) is 10.3. The Balaban J connectivity index is 2.15. The minimum Gasteiger partial charge on any atom is -0.379 e. The molecule has 0 unspecified atom stereocenters. The van der Waals surface area contributed by atoms with Crippen LogP contribution in [0, 0.1) is 5.82 Å². The molecule has 0 fully saturated rings. The van der Waals surface area contributed by atoms with Crippen LogP contribution >= 0.6 is 11.6 Å². The Morgan fingerprint density at radius 2 is 1.95 bits per heavy atom. The summed E-state index contributed by atoms with van der Waals surface area (Å²) in [5, 5.41) is 8.39. The molecule has 2 aromatic rings. The first-order chi connectivity index (χ1) is 9.36. The Morgan fingerprint density at radius 1 is 1.20 bits per heavy atom. The molecule has 20 heavy (non-hydrogen) atoms. The van der Waals surface area contributed by atoms with Gasteiger partial charge in [0.1, 0.15) is 5.82 Å². The molecule has 7 heteroatoms. The second-order valence-corrected chi connectivity index (χ2v) is 6.17. The van der Waals surface area contributed by atoms with Gasteiger partial charge in [0.15, 0.2) is 0 Å². The first-order valence-electron chi connectivity index (χ1n) is 5.67. The molecule has 0 amide bonds. The van der Waals surface area contributed by atoms with Crippen LogP contribution in [0.5, 0.6) is 0 Å². The largest absolute Gasteiger partial charge is 0.379 e. The van der Waals surface area contributed by atoms with Gasteiger partial charge in [0.2, 0.25) is 10.0 Å². The summed E-state index contributed by atoms with van der Waals surface area (Å²) in [7, 11) is -3.90. The summed E-state index contributed by atoms with van der Waals surface area (Å²) in [4.78, 5) is -0.261. The Morgan fingerprint density at radius 3 is 2.55 bits per heavy atom. The van der Waals surface area contributed by atoms with Crippen LogP contribution < -0.4 is 10.5 Å². The number of nitrogens with one attached hydrogen (secondary N) is 1. The van der Waals surface area contributed by atoms with E-state index in [0.717, 1.165) is 11.6 Å². The molecule has 0 aliphatic rings. The molecular weight excluding hydrogens is 303 g/mol. The first-order valence-corrected chi connectivity index (χ1v) is 7.59.